The van der Waals surface area contributed by atoms with Crippen LogP contribution in [-0.4, -0.2) is 10.8 Å². The monoisotopic (exact) mass is 265 g/mol. The zero-order valence-electron chi connectivity index (χ0n) is 10.9. The number of nitrogens with zero attached hydrogens (tertiary/aromatic N) is 1. The normalized spacial score (nSPS) is 10.7. The number of fused-ring (bicyclic) bond motifs is 1. The molecule has 0 fully saturated rings. The van der Waals surface area contributed by atoms with Crippen molar-refractivity contribution in [1.82, 2.24) is 4.98 Å². The molecule has 0 bridgehead atoms. The topological polar surface area (TPSA) is 30.0 Å². The molecule has 2 aromatic carbocycles. The van der Waals surface area contributed by atoms with Gasteiger partial charge >= 0.3 is 0 Å². The van der Waals surface area contributed by atoms with Crippen LogP contribution in [0.4, 0.5) is 4.39 Å². The van der Waals surface area contributed by atoms with E-state index < -0.39 is 5.82 Å². The molecule has 0 atom stereocenters. The molecule has 0 saturated heterocycles. The van der Waals surface area contributed by atoms with E-state index in [4.69, 9.17) is 0 Å². The first-order valence-electron chi connectivity index (χ1n) is 6.31. The number of benzene rings is 2. The molecule has 0 spiro atoms. The number of halogens is 1. The highest BCUT2D eigenvalue weighted by atomic mass is 19.1. The largest absolute Gasteiger partial charge is 0.288 e. The van der Waals surface area contributed by atoms with Gasteiger partial charge in [-0.3, -0.25) is 9.78 Å². The SMILES string of the molecule is Cc1ccc(C(=O)c2ccc3ncccc3c2)c(F)c1. The lowest BCUT2D eigenvalue weighted by atomic mass is 10.00. The average Bonchev–Trinajstić information content (AvgIpc) is 2.46. The zero-order chi connectivity index (χ0) is 14.1. The third-order valence-electron chi connectivity index (χ3n) is 3.23. The van der Waals surface area contributed by atoms with Crippen molar-refractivity contribution in [3.8, 4) is 0 Å². The Morgan fingerprint density at radius 1 is 1.10 bits per heavy atom. The lowest BCUT2D eigenvalue weighted by molar-refractivity contribution is 0.103. The van der Waals surface area contributed by atoms with Gasteiger partial charge in [0.1, 0.15) is 5.82 Å². The van der Waals surface area contributed by atoms with Gasteiger partial charge in [0.2, 0.25) is 0 Å². The van der Waals surface area contributed by atoms with Gasteiger partial charge in [0.05, 0.1) is 11.1 Å². The van der Waals surface area contributed by atoms with Crippen molar-refractivity contribution in [2.24, 2.45) is 0 Å². The standard InChI is InChI=1S/C17H12FNO/c1-11-4-6-14(15(18)9-11)17(20)13-5-7-16-12(10-13)3-2-8-19-16/h2-10H,1H3. The number of aryl methyl sites for hydroxylation is 1. The quantitative estimate of drug-likeness (QED) is 0.657. The molecule has 0 unspecified atom stereocenters. The molecule has 3 rings (SSSR count). The van der Waals surface area contributed by atoms with Crippen LogP contribution in [0.2, 0.25) is 0 Å². The van der Waals surface area contributed by atoms with E-state index in [1.165, 1.54) is 12.1 Å². The van der Waals surface area contributed by atoms with Crippen LogP contribution in [0.1, 0.15) is 21.5 Å². The van der Waals surface area contributed by atoms with E-state index in [1.54, 1.807) is 37.4 Å². The van der Waals surface area contributed by atoms with Gasteiger partial charge in [-0.1, -0.05) is 12.1 Å². The fourth-order valence-corrected chi connectivity index (χ4v) is 2.18. The fourth-order valence-electron chi connectivity index (χ4n) is 2.18. The highest BCUT2D eigenvalue weighted by Gasteiger charge is 2.14. The smallest absolute Gasteiger partial charge is 0.195 e. The highest BCUT2D eigenvalue weighted by Crippen LogP contribution is 2.18. The Balaban J connectivity index is 2.08. The van der Waals surface area contributed by atoms with Gasteiger partial charge in [0, 0.05) is 17.1 Å². The molecular weight excluding hydrogens is 253 g/mol. The van der Waals surface area contributed by atoms with E-state index in [1.807, 2.05) is 12.1 Å². The summed E-state index contributed by atoms with van der Waals surface area (Å²) in [5.74, 6) is -0.797. The Kier molecular flexibility index (Phi) is 3.03. The third kappa shape index (κ3) is 2.18. The van der Waals surface area contributed by atoms with Crippen molar-refractivity contribution in [3.63, 3.8) is 0 Å². The Morgan fingerprint density at radius 2 is 1.95 bits per heavy atom. The van der Waals surface area contributed by atoms with Gasteiger partial charge in [-0.2, -0.15) is 0 Å². The van der Waals surface area contributed by atoms with Crippen molar-refractivity contribution in [1.29, 1.82) is 0 Å². The predicted molar refractivity (Wildman–Crippen MR) is 76.3 cm³/mol. The van der Waals surface area contributed by atoms with E-state index in [-0.39, 0.29) is 11.3 Å². The van der Waals surface area contributed by atoms with E-state index >= 15 is 0 Å². The molecule has 0 amide bonds. The second kappa shape index (κ2) is 4.85. The summed E-state index contributed by atoms with van der Waals surface area (Å²) in [5, 5.41) is 0.867. The molecule has 98 valence electrons. The van der Waals surface area contributed by atoms with Crippen LogP contribution in [0.15, 0.2) is 54.7 Å². The first-order chi connectivity index (χ1) is 9.65. The molecule has 0 aliphatic heterocycles. The first kappa shape index (κ1) is 12.5. The number of ketones is 1. The van der Waals surface area contributed by atoms with Crippen LogP contribution in [-0.2, 0) is 0 Å². The summed E-state index contributed by atoms with van der Waals surface area (Å²) in [4.78, 5) is 16.6. The van der Waals surface area contributed by atoms with Crippen molar-refractivity contribution in [3.05, 3.63) is 77.2 Å². The first-order valence-corrected chi connectivity index (χ1v) is 6.31. The van der Waals surface area contributed by atoms with Gasteiger partial charge < -0.3 is 0 Å². The molecule has 0 saturated carbocycles. The minimum Gasteiger partial charge on any atom is -0.288 e. The molecule has 1 aromatic heterocycles. The van der Waals surface area contributed by atoms with Crippen molar-refractivity contribution >= 4 is 16.7 Å². The van der Waals surface area contributed by atoms with Crippen LogP contribution in [0.25, 0.3) is 10.9 Å². The van der Waals surface area contributed by atoms with E-state index in [0.29, 0.717) is 5.56 Å². The minimum absolute atomic E-state index is 0.0961. The summed E-state index contributed by atoms with van der Waals surface area (Å²) in [6.45, 7) is 1.79. The number of carbonyl (C=O) groups excluding carboxylic acids is 1. The Morgan fingerprint density at radius 3 is 2.75 bits per heavy atom. The average molecular weight is 265 g/mol. The number of carbonyl (C=O) groups is 1. The predicted octanol–water partition coefficient (Wildman–Crippen LogP) is 3.91. The minimum atomic E-state index is -0.485. The lowest BCUT2D eigenvalue weighted by Gasteiger charge is -2.05. The number of pyridine rings is 1. The summed E-state index contributed by atoms with van der Waals surface area (Å²) in [6.07, 6.45) is 1.70. The number of rotatable bonds is 2. The van der Waals surface area contributed by atoms with Crippen molar-refractivity contribution in [2.45, 2.75) is 6.92 Å². The molecule has 0 N–H and O–H groups in total. The summed E-state index contributed by atoms with van der Waals surface area (Å²) in [5.41, 5.74) is 2.17. The van der Waals surface area contributed by atoms with Crippen LogP contribution in [0.5, 0.6) is 0 Å². The molecule has 3 aromatic rings. The molecule has 0 aliphatic carbocycles. The molecule has 2 nitrogen and oxygen atoms in total. The van der Waals surface area contributed by atoms with Gasteiger partial charge in [0.15, 0.2) is 5.78 Å². The third-order valence-corrected chi connectivity index (χ3v) is 3.23. The Hall–Kier alpha value is -2.55. The maximum absolute atomic E-state index is 13.9. The molecule has 0 radical (unpaired) electrons. The molecule has 3 heteroatoms. The summed E-state index contributed by atoms with van der Waals surface area (Å²) in [6, 6.07) is 13.5. The number of hydrogen-bond donors (Lipinski definition) is 0. The molecule has 0 aliphatic rings. The lowest BCUT2D eigenvalue weighted by Crippen LogP contribution is -2.04. The van der Waals surface area contributed by atoms with Crippen LogP contribution in [0.3, 0.4) is 0 Å². The Labute approximate surface area is 115 Å². The molecule has 20 heavy (non-hydrogen) atoms. The van der Waals surface area contributed by atoms with Gasteiger partial charge in [-0.25, -0.2) is 4.39 Å². The maximum Gasteiger partial charge on any atom is 0.195 e. The van der Waals surface area contributed by atoms with Crippen molar-refractivity contribution in [2.75, 3.05) is 0 Å². The summed E-state index contributed by atoms with van der Waals surface area (Å²) < 4.78 is 13.9. The zero-order valence-corrected chi connectivity index (χ0v) is 10.9. The number of hydrogen-bond acceptors (Lipinski definition) is 2. The van der Waals surface area contributed by atoms with E-state index in [9.17, 15) is 9.18 Å². The van der Waals surface area contributed by atoms with E-state index in [2.05, 4.69) is 4.98 Å². The van der Waals surface area contributed by atoms with Crippen LogP contribution < -0.4 is 0 Å². The second-order valence-electron chi connectivity index (χ2n) is 4.72. The Bertz CT molecular complexity index is 811. The van der Waals surface area contributed by atoms with Gasteiger partial charge in [-0.05, 0) is 48.9 Å². The van der Waals surface area contributed by atoms with Crippen molar-refractivity contribution < 1.29 is 9.18 Å². The highest BCUT2D eigenvalue weighted by molar-refractivity contribution is 6.10. The summed E-state index contributed by atoms with van der Waals surface area (Å²) in [7, 11) is 0. The second-order valence-corrected chi connectivity index (χ2v) is 4.72. The van der Waals surface area contributed by atoms with E-state index in [0.717, 1.165) is 16.5 Å². The maximum atomic E-state index is 13.9. The van der Waals surface area contributed by atoms with Crippen LogP contribution >= 0.6 is 0 Å². The molecular formula is C17H12FNO. The fraction of sp³-hybridized carbons (Fsp3) is 0.0588. The summed E-state index contributed by atoms with van der Waals surface area (Å²) >= 11 is 0. The van der Waals surface area contributed by atoms with Gasteiger partial charge in [0.25, 0.3) is 0 Å². The number of aromatic nitrogens is 1. The van der Waals surface area contributed by atoms with Crippen LogP contribution in [0, 0.1) is 12.7 Å². The van der Waals surface area contributed by atoms with Gasteiger partial charge in [-0.15, -0.1) is 0 Å². The molecule has 1 heterocycles.